The van der Waals surface area contributed by atoms with Gasteiger partial charge in [0.15, 0.2) is 0 Å². The molecule has 0 atom stereocenters. The van der Waals surface area contributed by atoms with Crippen molar-refractivity contribution in [3.8, 4) is 0 Å². The predicted octanol–water partition coefficient (Wildman–Crippen LogP) is 3.38. The Balaban J connectivity index is 2.73. The highest BCUT2D eigenvalue weighted by Gasteiger charge is 2.01. The summed E-state index contributed by atoms with van der Waals surface area (Å²) in [5.74, 6) is 0. The van der Waals surface area contributed by atoms with Crippen LogP contribution in [0, 0.1) is 13.8 Å². The maximum absolute atomic E-state index is 10.3. The molecule has 1 nitrogen and oxygen atoms in total. The van der Waals surface area contributed by atoms with Crippen molar-refractivity contribution in [2.24, 2.45) is 0 Å². The fourth-order valence-electron chi connectivity index (χ4n) is 1.76. The molecule has 0 spiro atoms. The van der Waals surface area contributed by atoms with Gasteiger partial charge >= 0.3 is 0 Å². The molecule has 0 aliphatic carbocycles. The van der Waals surface area contributed by atoms with Gasteiger partial charge in [-0.15, -0.1) is 0 Å². The number of hydrogen-bond acceptors (Lipinski definition) is 1. The van der Waals surface area contributed by atoms with E-state index in [-0.39, 0.29) is 0 Å². The molecule has 0 aliphatic rings. The van der Waals surface area contributed by atoms with Crippen LogP contribution in [0.4, 0.5) is 0 Å². The fraction of sp³-hybridized carbons (Fsp3) is 0.357. The topological polar surface area (TPSA) is 17.1 Å². The van der Waals surface area contributed by atoms with Crippen LogP contribution >= 0.6 is 0 Å². The van der Waals surface area contributed by atoms with Gasteiger partial charge in [0.05, 0.1) is 0 Å². The summed E-state index contributed by atoms with van der Waals surface area (Å²) in [6, 6.07) is 6.37. The highest BCUT2D eigenvalue weighted by molar-refractivity contribution is 5.65. The number of carbonyl (C=O) groups excluding carboxylic acids is 1. The summed E-state index contributed by atoms with van der Waals surface area (Å²) in [5.41, 5.74) is 5.24. The van der Waals surface area contributed by atoms with Crippen molar-refractivity contribution >= 4 is 6.29 Å². The summed E-state index contributed by atoms with van der Waals surface area (Å²) in [7, 11) is 0. The molecule has 0 saturated heterocycles. The second kappa shape index (κ2) is 5.50. The van der Waals surface area contributed by atoms with Crippen LogP contribution in [0.15, 0.2) is 29.8 Å². The molecule has 0 fully saturated rings. The highest BCUT2D eigenvalue weighted by atomic mass is 16.1. The van der Waals surface area contributed by atoms with Crippen LogP contribution in [0.3, 0.4) is 0 Å². The van der Waals surface area contributed by atoms with E-state index in [0.29, 0.717) is 0 Å². The smallest absolute Gasteiger partial charge is 0.142 e. The fourth-order valence-corrected chi connectivity index (χ4v) is 1.76. The number of aryl methyl sites for hydroxylation is 2. The summed E-state index contributed by atoms with van der Waals surface area (Å²) in [6.45, 7) is 6.28. The Labute approximate surface area is 91.8 Å². The van der Waals surface area contributed by atoms with E-state index < -0.39 is 0 Å². The SMILES string of the molecule is CC(=CC=O)CCc1c(C)cccc1C. The Hall–Kier alpha value is -1.37. The molecular weight excluding hydrogens is 184 g/mol. The number of benzene rings is 1. The summed E-state index contributed by atoms with van der Waals surface area (Å²) in [6.07, 6.45) is 4.49. The first-order chi connectivity index (χ1) is 7.15. The zero-order valence-electron chi connectivity index (χ0n) is 9.71. The van der Waals surface area contributed by atoms with Crippen LogP contribution in [0.1, 0.15) is 30.0 Å². The summed E-state index contributed by atoms with van der Waals surface area (Å²) < 4.78 is 0. The molecule has 1 heteroatoms. The number of hydrogen-bond donors (Lipinski definition) is 0. The third kappa shape index (κ3) is 3.35. The van der Waals surface area contributed by atoms with Crippen LogP contribution in [-0.4, -0.2) is 6.29 Å². The highest BCUT2D eigenvalue weighted by Crippen LogP contribution is 2.17. The van der Waals surface area contributed by atoms with Crippen LogP contribution in [0.25, 0.3) is 0 Å². The van der Waals surface area contributed by atoms with Gasteiger partial charge in [0.25, 0.3) is 0 Å². The van der Waals surface area contributed by atoms with Gasteiger partial charge in [0, 0.05) is 0 Å². The molecule has 0 unspecified atom stereocenters. The van der Waals surface area contributed by atoms with Gasteiger partial charge in [0.2, 0.25) is 0 Å². The Morgan fingerprint density at radius 2 is 1.87 bits per heavy atom. The third-order valence-corrected chi connectivity index (χ3v) is 2.77. The average Bonchev–Trinajstić information content (AvgIpc) is 2.17. The average molecular weight is 202 g/mol. The molecule has 0 aromatic heterocycles. The van der Waals surface area contributed by atoms with Gasteiger partial charge < -0.3 is 0 Å². The minimum absolute atomic E-state index is 0.861. The Morgan fingerprint density at radius 3 is 2.40 bits per heavy atom. The molecule has 15 heavy (non-hydrogen) atoms. The van der Waals surface area contributed by atoms with Crippen LogP contribution in [-0.2, 0) is 11.2 Å². The molecule has 0 heterocycles. The minimum atomic E-state index is 0.861. The van der Waals surface area contributed by atoms with E-state index in [2.05, 4.69) is 32.0 Å². The molecule has 0 amide bonds. The van der Waals surface area contributed by atoms with E-state index in [9.17, 15) is 4.79 Å². The predicted molar refractivity (Wildman–Crippen MR) is 64.1 cm³/mol. The molecule has 0 saturated carbocycles. The molecular formula is C14H18O. The van der Waals surface area contributed by atoms with Crippen molar-refractivity contribution in [2.75, 3.05) is 0 Å². The van der Waals surface area contributed by atoms with E-state index >= 15 is 0 Å². The van der Waals surface area contributed by atoms with E-state index in [0.717, 1.165) is 24.7 Å². The Morgan fingerprint density at radius 1 is 1.27 bits per heavy atom. The Bertz CT molecular complexity index is 355. The van der Waals surface area contributed by atoms with E-state index in [1.54, 1.807) is 6.08 Å². The molecule has 1 aromatic carbocycles. The van der Waals surface area contributed by atoms with Gasteiger partial charge in [-0.3, -0.25) is 4.79 Å². The van der Waals surface area contributed by atoms with Gasteiger partial charge in [0.1, 0.15) is 6.29 Å². The van der Waals surface area contributed by atoms with E-state index in [4.69, 9.17) is 0 Å². The number of allylic oxidation sites excluding steroid dienone is 2. The van der Waals surface area contributed by atoms with Crippen LogP contribution in [0.5, 0.6) is 0 Å². The summed E-state index contributed by atoms with van der Waals surface area (Å²) in [5, 5.41) is 0. The number of aldehydes is 1. The first-order valence-corrected chi connectivity index (χ1v) is 5.31. The first kappa shape index (κ1) is 11.7. The molecule has 80 valence electrons. The lowest BCUT2D eigenvalue weighted by Crippen LogP contribution is -1.94. The van der Waals surface area contributed by atoms with Crippen molar-refractivity contribution < 1.29 is 4.79 Å². The van der Waals surface area contributed by atoms with Crippen LogP contribution in [0.2, 0.25) is 0 Å². The van der Waals surface area contributed by atoms with Crippen LogP contribution < -0.4 is 0 Å². The third-order valence-electron chi connectivity index (χ3n) is 2.77. The summed E-state index contributed by atoms with van der Waals surface area (Å²) >= 11 is 0. The molecule has 0 N–H and O–H groups in total. The monoisotopic (exact) mass is 202 g/mol. The van der Waals surface area contributed by atoms with Crippen molar-refractivity contribution in [2.45, 2.75) is 33.6 Å². The Kier molecular flexibility index (Phi) is 4.29. The molecule has 1 aromatic rings. The lowest BCUT2D eigenvalue weighted by molar-refractivity contribution is -0.104. The molecule has 0 bridgehead atoms. The number of carbonyl (C=O) groups is 1. The zero-order valence-corrected chi connectivity index (χ0v) is 9.71. The molecule has 1 rings (SSSR count). The second-order valence-corrected chi connectivity index (χ2v) is 4.02. The van der Waals surface area contributed by atoms with E-state index in [1.165, 1.54) is 16.7 Å². The lowest BCUT2D eigenvalue weighted by Gasteiger charge is -2.09. The quantitative estimate of drug-likeness (QED) is 0.540. The van der Waals surface area contributed by atoms with Gasteiger partial charge in [-0.1, -0.05) is 23.8 Å². The maximum Gasteiger partial charge on any atom is 0.142 e. The zero-order chi connectivity index (χ0) is 11.3. The standard InChI is InChI=1S/C14H18O/c1-11(9-10-15)7-8-14-12(2)5-4-6-13(14)3/h4-6,9-10H,7-8H2,1-3H3. The van der Waals surface area contributed by atoms with Gasteiger partial charge in [-0.2, -0.15) is 0 Å². The largest absolute Gasteiger partial charge is 0.299 e. The lowest BCUT2D eigenvalue weighted by atomic mass is 9.97. The first-order valence-electron chi connectivity index (χ1n) is 5.31. The van der Waals surface area contributed by atoms with Gasteiger partial charge in [-0.25, -0.2) is 0 Å². The van der Waals surface area contributed by atoms with Crippen molar-refractivity contribution in [1.82, 2.24) is 0 Å². The van der Waals surface area contributed by atoms with Crippen molar-refractivity contribution in [3.05, 3.63) is 46.5 Å². The van der Waals surface area contributed by atoms with E-state index in [1.807, 2.05) is 6.92 Å². The summed E-state index contributed by atoms with van der Waals surface area (Å²) in [4.78, 5) is 10.3. The maximum atomic E-state index is 10.3. The molecule has 0 aliphatic heterocycles. The van der Waals surface area contributed by atoms with Gasteiger partial charge in [-0.05, 0) is 56.4 Å². The number of rotatable bonds is 4. The van der Waals surface area contributed by atoms with Crippen molar-refractivity contribution in [1.29, 1.82) is 0 Å². The normalized spacial score (nSPS) is 11.5. The second-order valence-electron chi connectivity index (χ2n) is 4.02. The molecule has 0 radical (unpaired) electrons. The minimum Gasteiger partial charge on any atom is -0.299 e. The van der Waals surface area contributed by atoms with Crippen molar-refractivity contribution in [3.63, 3.8) is 0 Å².